The molecule has 0 fully saturated rings. The molecule has 6 heteroatoms. The van der Waals surface area contributed by atoms with E-state index >= 15 is 0 Å². The van der Waals surface area contributed by atoms with Crippen LogP contribution in [0.5, 0.6) is 11.5 Å². The van der Waals surface area contributed by atoms with Gasteiger partial charge in [0.2, 0.25) is 6.79 Å². The summed E-state index contributed by atoms with van der Waals surface area (Å²) < 4.78 is 16.1. The average Bonchev–Trinajstić information content (AvgIpc) is 3.07. The Morgan fingerprint density at radius 2 is 2.09 bits per heavy atom. The first-order valence-corrected chi connectivity index (χ1v) is 8.25. The predicted molar refractivity (Wildman–Crippen MR) is 90.1 cm³/mol. The highest BCUT2D eigenvalue weighted by Gasteiger charge is 2.25. The van der Waals surface area contributed by atoms with E-state index in [1.54, 1.807) is 0 Å². The highest BCUT2D eigenvalue weighted by molar-refractivity contribution is 7.16. The summed E-state index contributed by atoms with van der Waals surface area (Å²) >= 11 is 1.39. The molecule has 1 aromatic carbocycles. The minimum absolute atomic E-state index is 0.215. The maximum Gasteiger partial charge on any atom is 0.341 e. The quantitative estimate of drug-likeness (QED) is 0.861. The molecule has 2 N–H and O–H groups in total. The van der Waals surface area contributed by atoms with Gasteiger partial charge in [0.05, 0.1) is 6.61 Å². The van der Waals surface area contributed by atoms with Crippen LogP contribution in [0.1, 0.15) is 29.1 Å². The molecule has 0 bridgehead atoms. The number of hydrogen-bond donors (Lipinski definition) is 1. The van der Waals surface area contributed by atoms with Crippen LogP contribution in [0.15, 0.2) is 18.2 Å². The number of fused-ring (bicyclic) bond motifs is 1. The average molecular weight is 333 g/mol. The predicted octanol–water partition coefficient (Wildman–Crippen LogP) is 3.85. The van der Waals surface area contributed by atoms with Crippen LogP contribution in [0, 0.1) is 12.8 Å². The summed E-state index contributed by atoms with van der Waals surface area (Å²) in [7, 11) is 0. The zero-order valence-corrected chi connectivity index (χ0v) is 14.2. The Bertz CT molecular complexity index is 751. The molecule has 23 heavy (non-hydrogen) atoms. The summed E-state index contributed by atoms with van der Waals surface area (Å²) in [6.45, 7) is 6.52. The summed E-state index contributed by atoms with van der Waals surface area (Å²) in [6.07, 6.45) is 0. The highest BCUT2D eigenvalue weighted by Crippen LogP contribution is 2.42. The topological polar surface area (TPSA) is 70.8 Å². The van der Waals surface area contributed by atoms with E-state index in [2.05, 4.69) is 0 Å². The van der Waals surface area contributed by atoms with E-state index in [9.17, 15) is 4.79 Å². The van der Waals surface area contributed by atoms with Crippen LogP contribution < -0.4 is 15.2 Å². The van der Waals surface area contributed by atoms with Gasteiger partial charge >= 0.3 is 5.97 Å². The Morgan fingerprint density at radius 3 is 2.83 bits per heavy atom. The van der Waals surface area contributed by atoms with Crippen molar-refractivity contribution in [2.75, 3.05) is 19.1 Å². The zero-order chi connectivity index (χ0) is 16.6. The molecule has 2 aromatic rings. The Hall–Kier alpha value is -2.21. The first kappa shape index (κ1) is 15.7. The van der Waals surface area contributed by atoms with Crippen molar-refractivity contribution in [2.45, 2.75) is 20.8 Å². The number of nitrogen functional groups attached to an aromatic ring is 1. The zero-order valence-electron chi connectivity index (χ0n) is 13.3. The fraction of sp³-hybridized carbons (Fsp3) is 0.353. The molecule has 0 aliphatic carbocycles. The molecule has 3 rings (SSSR count). The molecule has 2 heterocycles. The van der Waals surface area contributed by atoms with Crippen LogP contribution in [-0.4, -0.2) is 19.4 Å². The van der Waals surface area contributed by atoms with Gasteiger partial charge in [0, 0.05) is 10.4 Å². The van der Waals surface area contributed by atoms with E-state index in [0.29, 0.717) is 28.7 Å². The second kappa shape index (κ2) is 6.12. The lowest BCUT2D eigenvalue weighted by atomic mass is 10.0. The van der Waals surface area contributed by atoms with Gasteiger partial charge in [-0.15, -0.1) is 11.3 Å². The number of thiophene rings is 1. The lowest BCUT2D eigenvalue weighted by Crippen LogP contribution is -2.11. The SMILES string of the molecule is Cc1sc(N)c(C(=O)OCC(C)C)c1-c1ccc2c(c1)OCO2. The maximum absolute atomic E-state index is 12.5. The normalized spacial score (nSPS) is 12.7. The number of anilines is 1. The third kappa shape index (κ3) is 2.99. The number of hydrogen-bond acceptors (Lipinski definition) is 6. The molecule has 0 unspecified atom stereocenters. The van der Waals surface area contributed by atoms with Crippen molar-refractivity contribution in [3.8, 4) is 22.6 Å². The summed E-state index contributed by atoms with van der Waals surface area (Å²) in [4.78, 5) is 13.4. The molecule has 122 valence electrons. The van der Waals surface area contributed by atoms with E-state index in [4.69, 9.17) is 19.9 Å². The largest absolute Gasteiger partial charge is 0.462 e. The van der Waals surface area contributed by atoms with Crippen LogP contribution in [0.2, 0.25) is 0 Å². The number of ether oxygens (including phenoxy) is 3. The second-order valence-corrected chi connectivity index (χ2v) is 7.09. The Labute approximate surface area is 139 Å². The number of esters is 1. The van der Waals surface area contributed by atoms with E-state index in [1.165, 1.54) is 11.3 Å². The van der Waals surface area contributed by atoms with Gasteiger partial charge in [-0.25, -0.2) is 4.79 Å². The molecule has 1 aromatic heterocycles. The third-order valence-electron chi connectivity index (χ3n) is 3.52. The fourth-order valence-corrected chi connectivity index (χ4v) is 3.42. The summed E-state index contributed by atoms with van der Waals surface area (Å²) in [5, 5.41) is 0.476. The molecule has 0 radical (unpaired) electrons. The number of aryl methyl sites for hydroxylation is 1. The van der Waals surface area contributed by atoms with Crippen molar-refractivity contribution in [1.82, 2.24) is 0 Å². The molecule has 0 saturated heterocycles. The van der Waals surface area contributed by atoms with E-state index < -0.39 is 0 Å². The number of benzene rings is 1. The first-order valence-electron chi connectivity index (χ1n) is 7.43. The number of carbonyl (C=O) groups is 1. The van der Waals surface area contributed by atoms with E-state index in [-0.39, 0.29) is 18.7 Å². The Morgan fingerprint density at radius 1 is 1.35 bits per heavy atom. The van der Waals surface area contributed by atoms with Crippen molar-refractivity contribution in [3.05, 3.63) is 28.6 Å². The van der Waals surface area contributed by atoms with Gasteiger partial charge in [-0.05, 0) is 30.5 Å². The number of carbonyl (C=O) groups excluding carboxylic acids is 1. The molecule has 0 amide bonds. The Balaban J connectivity index is 2.00. The van der Waals surface area contributed by atoms with Crippen molar-refractivity contribution >= 4 is 22.3 Å². The minimum atomic E-state index is -0.381. The van der Waals surface area contributed by atoms with Crippen molar-refractivity contribution < 1.29 is 19.0 Å². The highest BCUT2D eigenvalue weighted by atomic mass is 32.1. The van der Waals surface area contributed by atoms with E-state index in [0.717, 1.165) is 16.0 Å². The second-order valence-electron chi connectivity index (χ2n) is 5.83. The molecule has 1 aliphatic heterocycles. The van der Waals surface area contributed by atoms with Crippen molar-refractivity contribution in [1.29, 1.82) is 0 Å². The lowest BCUT2D eigenvalue weighted by molar-refractivity contribution is 0.0461. The van der Waals surface area contributed by atoms with Crippen LogP contribution in [-0.2, 0) is 4.74 Å². The standard InChI is InChI=1S/C17H19NO4S/c1-9(2)7-20-17(19)15-14(10(3)23-16(15)18)11-4-5-12-13(6-11)22-8-21-12/h4-6,9H,7-8,18H2,1-3H3. The van der Waals surface area contributed by atoms with E-state index in [1.807, 2.05) is 39.0 Å². The molecular formula is C17H19NO4S. The van der Waals surface area contributed by atoms with Gasteiger partial charge in [-0.3, -0.25) is 0 Å². The van der Waals surface area contributed by atoms with Crippen molar-refractivity contribution in [2.24, 2.45) is 5.92 Å². The molecule has 0 saturated carbocycles. The number of rotatable bonds is 4. The monoisotopic (exact) mass is 333 g/mol. The maximum atomic E-state index is 12.5. The Kier molecular flexibility index (Phi) is 4.17. The van der Waals surface area contributed by atoms with Gasteiger partial charge in [0.1, 0.15) is 10.6 Å². The summed E-state index contributed by atoms with van der Waals surface area (Å²) in [6, 6.07) is 5.62. The summed E-state index contributed by atoms with van der Waals surface area (Å²) in [5.41, 5.74) is 8.18. The first-order chi connectivity index (χ1) is 11.0. The molecular weight excluding hydrogens is 314 g/mol. The molecule has 0 atom stereocenters. The minimum Gasteiger partial charge on any atom is -0.462 e. The molecule has 5 nitrogen and oxygen atoms in total. The smallest absolute Gasteiger partial charge is 0.341 e. The third-order valence-corrected chi connectivity index (χ3v) is 4.46. The van der Waals surface area contributed by atoms with Gasteiger partial charge in [0.25, 0.3) is 0 Å². The van der Waals surface area contributed by atoms with Crippen molar-refractivity contribution in [3.63, 3.8) is 0 Å². The van der Waals surface area contributed by atoms with Gasteiger partial charge in [-0.2, -0.15) is 0 Å². The van der Waals surface area contributed by atoms with Gasteiger partial charge in [-0.1, -0.05) is 19.9 Å². The van der Waals surface area contributed by atoms with Crippen LogP contribution >= 0.6 is 11.3 Å². The molecule has 1 aliphatic rings. The van der Waals surface area contributed by atoms with Gasteiger partial charge < -0.3 is 19.9 Å². The summed E-state index contributed by atoms with van der Waals surface area (Å²) in [5.74, 6) is 1.27. The van der Waals surface area contributed by atoms with Crippen LogP contribution in [0.3, 0.4) is 0 Å². The van der Waals surface area contributed by atoms with Crippen LogP contribution in [0.4, 0.5) is 5.00 Å². The molecule has 0 spiro atoms. The lowest BCUT2D eigenvalue weighted by Gasteiger charge is -2.10. The van der Waals surface area contributed by atoms with Gasteiger partial charge in [0.15, 0.2) is 11.5 Å². The van der Waals surface area contributed by atoms with Crippen LogP contribution in [0.25, 0.3) is 11.1 Å². The fourth-order valence-electron chi connectivity index (χ4n) is 2.48. The number of nitrogens with two attached hydrogens (primary N) is 1.